The molecule has 0 spiro atoms. The maximum atomic E-state index is 11.9. The van der Waals surface area contributed by atoms with Gasteiger partial charge < -0.3 is 5.11 Å². The summed E-state index contributed by atoms with van der Waals surface area (Å²) in [7, 11) is -3.82. The Labute approximate surface area is 103 Å². The van der Waals surface area contributed by atoms with E-state index < -0.39 is 29.1 Å². The van der Waals surface area contributed by atoms with E-state index >= 15 is 0 Å². The van der Waals surface area contributed by atoms with E-state index in [2.05, 4.69) is 15.9 Å². The summed E-state index contributed by atoms with van der Waals surface area (Å²) in [5.74, 6) is 0. The van der Waals surface area contributed by atoms with Crippen molar-refractivity contribution in [2.45, 2.75) is 16.7 Å². The molecule has 0 saturated heterocycles. The number of hydrogen-bond donors (Lipinski definition) is 2. The average Bonchev–Trinajstić information content (AvgIpc) is 2.61. The third kappa shape index (κ3) is 3.74. The quantitative estimate of drug-likeness (QED) is 0.855. The van der Waals surface area contributed by atoms with E-state index in [1.807, 2.05) is 4.72 Å². The van der Waals surface area contributed by atoms with Gasteiger partial charge in [0.15, 0.2) is 0 Å². The van der Waals surface area contributed by atoms with Crippen molar-refractivity contribution in [3.8, 4) is 0 Å². The molecule has 1 heterocycles. The number of nitrogens with one attached hydrogen (secondary N) is 1. The Morgan fingerprint density at radius 3 is 2.56 bits per heavy atom. The Balaban J connectivity index is 2.67. The fourth-order valence-electron chi connectivity index (χ4n) is 0.797. The summed E-state index contributed by atoms with van der Waals surface area (Å²) >= 11 is 4.04. The van der Waals surface area contributed by atoms with Crippen LogP contribution in [0.15, 0.2) is 20.1 Å². The van der Waals surface area contributed by atoms with Crippen LogP contribution < -0.4 is 4.72 Å². The van der Waals surface area contributed by atoms with Crippen molar-refractivity contribution in [1.29, 1.82) is 0 Å². The van der Waals surface area contributed by atoms with E-state index in [-0.39, 0.29) is 4.21 Å². The van der Waals surface area contributed by atoms with Crippen LogP contribution in [0.1, 0.15) is 0 Å². The second-order valence-electron chi connectivity index (χ2n) is 2.81. The number of aliphatic hydroxyl groups excluding tert-OH is 1. The fraction of sp³-hybridized carbons (Fsp3) is 0.429. The minimum absolute atomic E-state index is 0.000779. The first kappa shape index (κ1) is 14.0. The molecule has 0 fully saturated rings. The van der Waals surface area contributed by atoms with Crippen LogP contribution in [0.3, 0.4) is 0 Å². The highest BCUT2D eigenvalue weighted by Gasteiger charge is 2.22. The molecule has 1 rings (SSSR count). The molecule has 92 valence electrons. The fourth-order valence-corrected chi connectivity index (χ4v) is 3.90. The minimum atomic E-state index is -3.82. The molecule has 4 nitrogen and oxygen atoms in total. The second-order valence-corrected chi connectivity index (χ2v) is 7.27. The van der Waals surface area contributed by atoms with Gasteiger partial charge in [-0.15, -0.1) is 11.3 Å². The van der Waals surface area contributed by atoms with Gasteiger partial charge >= 0.3 is 0 Å². The van der Waals surface area contributed by atoms with E-state index in [1.54, 1.807) is 0 Å². The molecule has 0 aliphatic heterocycles. The van der Waals surface area contributed by atoms with Gasteiger partial charge in [0.1, 0.15) is 10.3 Å². The lowest BCUT2D eigenvalue weighted by Gasteiger charge is -2.09. The van der Waals surface area contributed by atoms with Crippen molar-refractivity contribution in [3.63, 3.8) is 0 Å². The third-order valence-corrected chi connectivity index (χ3v) is 5.13. The number of sulfonamides is 1. The van der Waals surface area contributed by atoms with Crippen LogP contribution in [0.5, 0.6) is 0 Å². The minimum Gasteiger partial charge on any atom is -0.386 e. The molecule has 0 aromatic carbocycles. The van der Waals surface area contributed by atoms with E-state index in [4.69, 9.17) is 5.11 Å². The highest BCUT2D eigenvalue weighted by atomic mass is 79.9. The Bertz CT molecular complexity index is 448. The highest BCUT2D eigenvalue weighted by molar-refractivity contribution is 9.11. The first-order valence-corrected chi connectivity index (χ1v) is 7.13. The van der Waals surface area contributed by atoms with Crippen LogP contribution in [0, 0.1) is 0 Å². The van der Waals surface area contributed by atoms with Crippen molar-refractivity contribution in [2.75, 3.05) is 6.54 Å². The molecule has 0 bridgehead atoms. The Morgan fingerprint density at radius 1 is 1.50 bits per heavy atom. The van der Waals surface area contributed by atoms with Crippen LogP contribution >= 0.6 is 27.3 Å². The molecule has 0 aliphatic carbocycles. The van der Waals surface area contributed by atoms with Gasteiger partial charge in [-0.1, -0.05) is 0 Å². The molecule has 0 amide bonds. The molecule has 1 aromatic heterocycles. The maximum absolute atomic E-state index is 11.9. The third-order valence-electron chi connectivity index (χ3n) is 1.59. The lowest BCUT2D eigenvalue weighted by molar-refractivity contribution is -0.000445. The number of aliphatic hydroxyl groups is 1. The van der Waals surface area contributed by atoms with E-state index in [1.165, 1.54) is 12.1 Å². The zero-order valence-corrected chi connectivity index (χ0v) is 10.9. The Kier molecular flexibility index (Phi) is 4.80. The lowest BCUT2D eigenvalue weighted by Crippen LogP contribution is -2.35. The summed E-state index contributed by atoms with van der Waals surface area (Å²) in [5, 5.41) is 8.76. The van der Waals surface area contributed by atoms with Crippen molar-refractivity contribution in [1.82, 2.24) is 4.72 Å². The van der Waals surface area contributed by atoms with Crippen LogP contribution in [0.4, 0.5) is 8.78 Å². The summed E-state index contributed by atoms with van der Waals surface area (Å²) in [5.41, 5.74) is 0. The molecule has 1 unspecified atom stereocenters. The predicted molar refractivity (Wildman–Crippen MR) is 59.2 cm³/mol. The first-order chi connectivity index (χ1) is 7.33. The van der Waals surface area contributed by atoms with Gasteiger partial charge in [0.25, 0.3) is 6.43 Å². The van der Waals surface area contributed by atoms with Gasteiger partial charge in [-0.05, 0) is 28.1 Å². The van der Waals surface area contributed by atoms with Crippen LogP contribution in [-0.4, -0.2) is 32.6 Å². The molecule has 1 aromatic rings. The smallest absolute Gasteiger partial charge is 0.265 e. The highest BCUT2D eigenvalue weighted by Crippen LogP contribution is 2.25. The van der Waals surface area contributed by atoms with Crippen molar-refractivity contribution in [3.05, 3.63) is 15.9 Å². The number of alkyl halides is 2. The van der Waals surface area contributed by atoms with Gasteiger partial charge in [0.05, 0.1) is 3.79 Å². The van der Waals surface area contributed by atoms with Crippen molar-refractivity contribution in [2.24, 2.45) is 0 Å². The molecular weight excluding hydrogens is 328 g/mol. The predicted octanol–water partition coefficient (Wildman–Crippen LogP) is 1.41. The van der Waals surface area contributed by atoms with Gasteiger partial charge in [0, 0.05) is 6.54 Å². The van der Waals surface area contributed by atoms with Gasteiger partial charge in [-0.3, -0.25) is 0 Å². The first-order valence-electron chi connectivity index (χ1n) is 4.04. The van der Waals surface area contributed by atoms with Crippen molar-refractivity contribution >= 4 is 37.3 Å². The molecule has 0 saturated carbocycles. The topological polar surface area (TPSA) is 66.4 Å². The average molecular weight is 336 g/mol. The van der Waals surface area contributed by atoms with Gasteiger partial charge in [-0.2, -0.15) is 0 Å². The van der Waals surface area contributed by atoms with Crippen molar-refractivity contribution < 1.29 is 22.3 Å². The summed E-state index contributed by atoms with van der Waals surface area (Å²) in [6, 6.07) is 2.87. The number of thiophene rings is 1. The van der Waals surface area contributed by atoms with E-state index in [9.17, 15) is 17.2 Å². The lowest BCUT2D eigenvalue weighted by atomic mass is 10.4. The largest absolute Gasteiger partial charge is 0.386 e. The molecular formula is C7H8BrF2NO3S2. The van der Waals surface area contributed by atoms with Crippen LogP contribution in [0.2, 0.25) is 0 Å². The zero-order chi connectivity index (χ0) is 12.3. The monoisotopic (exact) mass is 335 g/mol. The standard InChI is InChI=1S/C7H8BrF2NO3S2/c8-5-1-2-6(15-5)16(13,14)11-3-4(12)7(9)10/h1-2,4,7,11-12H,3H2. The molecule has 1 atom stereocenters. The normalized spacial score (nSPS) is 14.3. The molecule has 9 heteroatoms. The Hall–Kier alpha value is -0.0900. The number of rotatable bonds is 5. The molecule has 2 N–H and O–H groups in total. The second kappa shape index (κ2) is 5.50. The molecule has 0 radical (unpaired) electrons. The maximum Gasteiger partial charge on any atom is 0.265 e. The number of halogens is 3. The Morgan fingerprint density at radius 2 is 2.12 bits per heavy atom. The number of hydrogen-bond acceptors (Lipinski definition) is 4. The molecule has 0 aliphatic rings. The van der Waals surface area contributed by atoms with E-state index in [0.717, 1.165) is 11.3 Å². The van der Waals surface area contributed by atoms with E-state index in [0.29, 0.717) is 3.79 Å². The molecule has 16 heavy (non-hydrogen) atoms. The van der Waals surface area contributed by atoms with Crippen LogP contribution in [-0.2, 0) is 10.0 Å². The summed E-state index contributed by atoms with van der Waals surface area (Å²) in [4.78, 5) is 0. The summed E-state index contributed by atoms with van der Waals surface area (Å²) in [6.45, 7) is -0.713. The van der Waals surface area contributed by atoms with Crippen LogP contribution in [0.25, 0.3) is 0 Å². The zero-order valence-electron chi connectivity index (χ0n) is 7.73. The summed E-state index contributed by atoms with van der Waals surface area (Å²) in [6.07, 6.45) is -4.98. The SMILES string of the molecule is O=S(=O)(NCC(O)C(F)F)c1ccc(Br)s1. The summed E-state index contributed by atoms with van der Waals surface area (Å²) < 4.78 is 49.3. The van der Waals surface area contributed by atoms with Gasteiger partial charge in [-0.25, -0.2) is 21.9 Å². The van der Waals surface area contributed by atoms with Gasteiger partial charge in [0.2, 0.25) is 10.0 Å².